The second-order valence-corrected chi connectivity index (χ2v) is 6.62. The van der Waals surface area contributed by atoms with Crippen LogP contribution in [0.25, 0.3) is 0 Å². The third-order valence-electron chi connectivity index (χ3n) is 2.75. The predicted molar refractivity (Wildman–Crippen MR) is 74.3 cm³/mol. The molecule has 2 N–H and O–H groups in total. The molecular weight excluding hydrogens is 250 g/mol. The third-order valence-corrected chi connectivity index (χ3v) is 4.55. The van der Waals surface area contributed by atoms with Crippen LogP contribution < -0.4 is 5.73 Å². The van der Waals surface area contributed by atoms with Gasteiger partial charge in [-0.3, -0.25) is 0 Å². The van der Waals surface area contributed by atoms with Gasteiger partial charge in [0, 0.05) is 18.0 Å². The minimum atomic E-state index is -2.87. The van der Waals surface area contributed by atoms with E-state index in [1.54, 1.807) is 6.92 Å². The number of benzene rings is 1. The first kappa shape index (κ1) is 15.0. The molecule has 0 spiro atoms. The van der Waals surface area contributed by atoms with Crippen molar-refractivity contribution in [3.63, 3.8) is 0 Å². The van der Waals surface area contributed by atoms with Crippen LogP contribution in [-0.4, -0.2) is 33.1 Å². The Morgan fingerprint density at radius 3 is 2.61 bits per heavy atom. The molecule has 0 aromatic heterocycles. The minimum absolute atomic E-state index is 0.202. The Labute approximate surface area is 109 Å². The third kappa shape index (κ3) is 5.51. The highest BCUT2D eigenvalue weighted by atomic mass is 32.2. The van der Waals surface area contributed by atoms with Crippen molar-refractivity contribution in [1.82, 2.24) is 0 Å². The molecule has 0 fully saturated rings. The zero-order valence-corrected chi connectivity index (χ0v) is 11.6. The zero-order chi connectivity index (χ0) is 13.4. The van der Waals surface area contributed by atoms with Gasteiger partial charge >= 0.3 is 0 Å². The highest BCUT2D eigenvalue weighted by molar-refractivity contribution is 7.91. The van der Waals surface area contributed by atoms with E-state index in [0.29, 0.717) is 19.6 Å². The molecule has 0 saturated carbocycles. The fourth-order valence-electron chi connectivity index (χ4n) is 1.57. The van der Waals surface area contributed by atoms with Gasteiger partial charge in [-0.1, -0.05) is 25.1 Å². The van der Waals surface area contributed by atoms with Crippen LogP contribution in [0.2, 0.25) is 0 Å². The second kappa shape index (κ2) is 7.38. The first-order valence-corrected chi connectivity index (χ1v) is 7.99. The molecule has 0 heterocycles. The van der Waals surface area contributed by atoms with Crippen LogP contribution in [0, 0.1) is 0 Å². The summed E-state index contributed by atoms with van der Waals surface area (Å²) in [6.45, 7) is 2.71. The van der Waals surface area contributed by atoms with Gasteiger partial charge in [0.05, 0.1) is 12.4 Å². The van der Waals surface area contributed by atoms with Crippen molar-refractivity contribution in [3.8, 4) is 0 Å². The summed E-state index contributed by atoms with van der Waals surface area (Å²) in [5, 5.41) is 0. The first-order chi connectivity index (χ1) is 8.55. The van der Waals surface area contributed by atoms with Gasteiger partial charge < -0.3 is 10.5 Å². The monoisotopic (exact) mass is 271 g/mol. The molecule has 0 atom stereocenters. The summed E-state index contributed by atoms with van der Waals surface area (Å²) < 4.78 is 27.9. The Morgan fingerprint density at radius 1 is 1.22 bits per heavy atom. The van der Waals surface area contributed by atoms with Crippen LogP contribution in [0.5, 0.6) is 0 Å². The molecule has 1 aromatic rings. The predicted octanol–water partition coefficient (Wildman–Crippen LogP) is 1.65. The largest absolute Gasteiger partial charge is 0.399 e. The number of nitrogens with two attached hydrogens (primary N) is 1. The summed E-state index contributed by atoms with van der Waals surface area (Å²) in [5.74, 6) is 0.407. The molecule has 5 heteroatoms. The van der Waals surface area contributed by atoms with Crippen molar-refractivity contribution in [2.24, 2.45) is 0 Å². The molecule has 1 aromatic carbocycles. The average molecular weight is 271 g/mol. The summed E-state index contributed by atoms with van der Waals surface area (Å²) in [5.41, 5.74) is 7.64. The van der Waals surface area contributed by atoms with Crippen LogP contribution in [0.3, 0.4) is 0 Å². The molecule has 0 bridgehead atoms. The molecule has 4 nitrogen and oxygen atoms in total. The highest BCUT2D eigenvalue weighted by Crippen LogP contribution is 2.10. The van der Waals surface area contributed by atoms with Crippen LogP contribution in [-0.2, 0) is 21.0 Å². The SMILES string of the molecule is CCS(=O)(=O)CCCOCCc1ccccc1N. The summed E-state index contributed by atoms with van der Waals surface area (Å²) in [4.78, 5) is 0. The van der Waals surface area contributed by atoms with Crippen LogP contribution >= 0.6 is 0 Å². The van der Waals surface area contributed by atoms with E-state index in [4.69, 9.17) is 10.5 Å². The molecule has 102 valence electrons. The minimum Gasteiger partial charge on any atom is -0.399 e. The molecule has 0 unspecified atom stereocenters. The van der Waals surface area contributed by atoms with E-state index < -0.39 is 9.84 Å². The molecule has 0 aliphatic carbocycles. The van der Waals surface area contributed by atoms with Gasteiger partial charge in [0.25, 0.3) is 0 Å². The van der Waals surface area contributed by atoms with Gasteiger partial charge in [0.15, 0.2) is 0 Å². The lowest BCUT2D eigenvalue weighted by atomic mass is 10.1. The van der Waals surface area contributed by atoms with E-state index in [2.05, 4.69) is 0 Å². The van der Waals surface area contributed by atoms with E-state index >= 15 is 0 Å². The summed E-state index contributed by atoms with van der Waals surface area (Å²) in [6, 6.07) is 7.68. The number of nitrogen functional groups attached to an aromatic ring is 1. The molecule has 18 heavy (non-hydrogen) atoms. The molecule has 0 saturated heterocycles. The summed E-state index contributed by atoms with van der Waals surface area (Å²) >= 11 is 0. The molecule has 1 rings (SSSR count). The fourth-order valence-corrected chi connectivity index (χ4v) is 2.42. The Kier molecular flexibility index (Phi) is 6.15. The van der Waals surface area contributed by atoms with E-state index in [9.17, 15) is 8.42 Å². The lowest BCUT2D eigenvalue weighted by Crippen LogP contribution is -2.11. The number of hydrogen-bond acceptors (Lipinski definition) is 4. The van der Waals surface area contributed by atoms with Gasteiger partial charge in [0.2, 0.25) is 0 Å². The molecular formula is C13H21NO3S. The van der Waals surface area contributed by atoms with E-state index in [1.165, 1.54) is 0 Å². The summed E-state index contributed by atoms with van der Waals surface area (Å²) in [7, 11) is -2.87. The maximum absolute atomic E-state index is 11.2. The Balaban J connectivity index is 2.15. The Hall–Kier alpha value is -1.07. The zero-order valence-electron chi connectivity index (χ0n) is 10.8. The first-order valence-electron chi connectivity index (χ1n) is 6.16. The topological polar surface area (TPSA) is 69.4 Å². The van der Waals surface area contributed by atoms with E-state index in [-0.39, 0.29) is 11.5 Å². The van der Waals surface area contributed by atoms with Gasteiger partial charge in [-0.25, -0.2) is 8.42 Å². The molecule has 0 aliphatic heterocycles. The number of ether oxygens (including phenoxy) is 1. The van der Waals surface area contributed by atoms with Crippen molar-refractivity contribution in [1.29, 1.82) is 0 Å². The van der Waals surface area contributed by atoms with Crippen molar-refractivity contribution in [2.75, 3.05) is 30.5 Å². The quantitative estimate of drug-likeness (QED) is 0.576. The lowest BCUT2D eigenvalue weighted by molar-refractivity contribution is 0.138. The maximum Gasteiger partial charge on any atom is 0.150 e. The lowest BCUT2D eigenvalue weighted by Gasteiger charge is -2.06. The number of anilines is 1. The molecule has 0 amide bonds. The van der Waals surface area contributed by atoms with Gasteiger partial charge in [-0.05, 0) is 24.5 Å². The fraction of sp³-hybridized carbons (Fsp3) is 0.538. The van der Waals surface area contributed by atoms with Gasteiger partial charge in [-0.15, -0.1) is 0 Å². The summed E-state index contributed by atoms with van der Waals surface area (Å²) in [6.07, 6.45) is 1.31. The normalized spacial score (nSPS) is 11.6. The standard InChI is InChI=1S/C13H21NO3S/c1-2-18(15,16)11-5-9-17-10-8-12-6-3-4-7-13(12)14/h3-4,6-7H,2,5,8-11,14H2,1H3. The van der Waals surface area contributed by atoms with Crippen molar-refractivity contribution >= 4 is 15.5 Å². The smallest absolute Gasteiger partial charge is 0.150 e. The Morgan fingerprint density at radius 2 is 1.94 bits per heavy atom. The highest BCUT2D eigenvalue weighted by Gasteiger charge is 2.06. The van der Waals surface area contributed by atoms with Crippen molar-refractivity contribution in [2.45, 2.75) is 19.8 Å². The molecule has 0 radical (unpaired) electrons. The number of sulfone groups is 1. The Bertz CT molecular complexity index is 457. The number of hydrogen-bond donors (Lipinski definition) is 1. The van der Waals surface area contributed by atoms with Crippen LogP contribution in [0.4, 0.5) is 5.69 Å². The molecule has 0 aliphatic rings. The number of rotatable bonds is 8. The van der Waals surface area contributed by atoms with Gasteiger partial charge in [0.1, 0.15) is 9.84 Å². The van der Waals surface area contributed by atoms with E-state index in [0.717, 1.165) is 17.7 Å². The number of para-hydroxylation sites is 1. The van der Waals surface area contributed by atoms with Crippen molar-refractivity contribution in [3.05, 3.63) is 29.8 Å². The average Bonchev–Trinajstić information content (AvgIpc) is 2.35. The van der Waals surface area contributed by atoms with E-state index in [1.807, 2.05) is 24.3 Å². The maximum atomic E-state index is 11.2. The van der Waals surface area contributed by atoms with Gasteiger partial charge in [-0.2, -0.15) is 0 Å². The van der Waals surface area contributed by atoms with Crippen LogP contribution in [0.15, 0.2) is 24.3 Å². The second-order valence-electron chi connectivity index (χ2n) is 4.15. The van der Waals surface area contributed by atoms with Crippen molar-refractivity contribution < 1.29 is 13.2 Å². The van der Waals surface area contributed by atoms with Crippen LogP contribution in [0.1, 0.15) is 18.9 Å².